The molecular formula is C11H18N4O2. The van der Waals surface area contributed by atoms with E-state index in [1.54, 1.807) is 6.07 Å². The van der Waals surface area contributed by atoms with E-state index in [-0.39, 0.29) is 5.69 Å². The van der Waals surface area contributed by atoms with Crippen LogP contribution in [0.1, 0.15) is 41.9 Å². The van der Waals surface area contributed by atoms with Crippen LogP contribution in [0.2, 0.25) is 0 Å². The molecule has 3 N–H and O–H groups in total. The van der Waals surface area contributed by atoms with Crippen molar-refractivity contribution in [3.63, 3.8) is 0 Å². The molecular weight excluding hydrogens is 220 g/mol. The number of rotatable bonds is 4. The summed E-state index contributed by atoms with van der Waals surface area (Å²) in [7, 11) is 2.07. The zero-order valence-corrected chi connectivity index (χ0v) is 9.98. The molecule has 1 aromatic heterocycles. The Balaban J connectivity index is 1.94. The van der Waals surface area contributed by atoms with Crippen molar-refractivity contribution in [2.75, 3.05) is 7.05 Å². The van der Waals surface area contributed by atoms with E-state index in [1.807, 2.05) is 5.43 Å². The summed E-state index contributed by atoms with van der Waals surface area (Å²) in [5.41, 5.74) is 2.25. The number of hydrogen-bond acceptors (Lipinski definition) is 5. The normalized spacial score (nSPS) is 16.6. The van der Waals surface area contributed by atoms with E-state index < -0.39 is 5.91 Å². The SMILES string of the molecule is CN(Cc1cc(C(=O)NN)no1)C1CCCC1. The lowest BCUT2D eigenvalue weighted by Gasteiger charge is -2.22. The van der Waals surface area contributed by atoms with Crippen molar-refractivity contribution in [3.05, 3.63) is 17.5 Å². The molecule has 0 unspecified atom stereocenters. The van der Waals surface area contributed by atoms with Crippen molar-refractivity contribution in [2.24, 2.45) is 5.84 Å². The first kappa shape index (κ1) is 12.1. The quantitative estimate of drug-likeness (QED) is 0.457. The van der Waals surface area contributed by atoms with E-state index in [4.69, 9.17) is 10.4 Å². The van der Waals surface area contributed by atoms with Gasteiger partial charge in [-0.2, -0.15) is 0 Å². The number of nitrogens with two attached hydrogens (primary N) is 1. The lowest BCUT2D eigenvalue weighted by molar-refractivity contribution is 0.0944. The Morgan fingerprint density at radius 2 is 2.35 bits per heavy atom. The van der Waals surface area contributed by atoms with Crippen LogP contribution in [-0.4, -0.2) is 29.1 Å². The fraction of sp³-hybridized carbons (Fsp3) is 0.636. The highest BCUT2D eigenvalue weighted by Gasteiger charge is 2.21. The highest BCUT2D eigenvalue weighted by Crippen LogP contribution is 2.23. The van der Waals surface area contributed by atoms with Crippen LogP contribution in [0.25, 0.3) is 0 Å². The molecule has 0 radical (unpaired) electrons. The van der Waals surface area contributed by atoms with Gasteiger partial charge in [0.2, 0.25) is 0 Å². The van der Waals surface area contributed by atoms with Gasteiger partial charge in [0.25, 0.3) is 5.91 Å². The van der Waals surface area contributed by atoms with Crippen LogP contribution in [0.5, 0.6) is 0 Å². The molecule has 1 heterocycles. The lowest BCUT2D eigenvalue weighted by Crippen LogP contribution is -2.30. The number of nitrogens with zero attached hydrogens (tertiary/aromatic N) is 2. The molecule has 1 aliphatic carbocycles. The molecule has 1 saturated carbocycles. The average Bonchev–Trinajstić information content (AvgIpc) is 2.98. The van der Waals surface area contributed by atoms with Crippen molar-refractivity contribution in [3.8, 4) is 0 Å². The largest absolute Gasteiger partial charge is 0.359 e. The number of amides is 1. The first-order valence-electron chi connectivity index (χ1n) is 5.87. The van der Waals surface area contributed by atoms with Gasteiger partial charge in [0.05, 0.1) is 6.54 Å². The number of nitrogens with one attached hydrogen (secondary N) is 1. The van der Waals surface area contributed by atoms with Gasteiger partial charge < -0.3 is 4.52 Å². The Bertz CT molecular complexity index is 385. The third-order valence-electron chi connectivity index (χ3n) is 3.28. The summed E-state index contributed by atoms with van der Waals surface area (Å²) < 4.78 is 5.11. The second kappa shape index (κ2) is 5.29. The fourth-order valence-electron chi connectivity index (χ4n) is 2.29. The highest BCUT2D eigenvalue weighted by molar-refractivity contribution is 5.91. The Morgan fingerprint density at radius 1 is 1.65 bits per heavy atom. The van der Waals surface area contributed by atoms with E-state index in [9.17, 15) is 4.79 Å². The van der Waals surface area contributed by atoms with Crippen LogP contribution in [0.3, 0.4) is 0 Å². The van der Waals surface area contributed by atoms with Gasteiger partial charge in [-0.05, 0) is 19.9 Å². The molecule has 1 aliphatic rings. The van der Waals surface area contributed by atoms with Crippen LogP contribution in [0.4, 0.5) is 0 Å². The summed E-state index contributed by atoms with van der Waals surface area (Å²) >= 11 is 0. The van der Waals surface area contributed by atoms with Gasteiger partial charge in [-0.25, -0.2) is 5.84 Å². The van der Waals surface area contributed by atoms with Gasteiger partial charge >= 0.3 is 0 Å². The molecule has 94 valence electrons. The maximum atomic E-state index is 11.2. The summed E-state index contributed by atoms with van der Waals surface area (Å²) in [5, 5.41) is 3.67. The van der Waals surface area contributed by atoms with Crippen LogP contribution in [-0.2, 0) is 6.54 Å². The molecule has 0 saturated heterocycles. The number of carbonyl (C=O) groups is 1. The third kappa shape index (κ3) is 2.83. The summed E-state index contributed by atoms with van der Waals surface area (Å²) in [6, 6.07) is 2.25. The van der Waals surface area contributed by atoms with E-state index in [1.165, 1.54) is 25.7 Å². The molecule has 0 aromatic carbocycles. The maximum Gasteiger partial charge on any atom is 0.287 e. The van der Waals surface area contributed by atoms with Crippen LogP contribution in [0.15, 0.2) is 10.6 Å². The smallest absolute Gasteiger partial charge is 0.287 e. The highest BCUT2D eigenvalue weighted by atomic mass is 16.5. The Labute approximate surface area is 100 Å². The Kier molecular flexibility index (Phi) is 3.75. The summed E-state index contributed by atoms with van der Waals surface area (Å²) in [4.78, 5) is 13.4. The molecule has 0 spiro atoms. The van der Waals surface area contributed by atoms with Crippen molar-refractivity contribution in [1.82, 2.24) is 15.5 Å². The minimum Gasteiger partial charge on any atom is -0.359 e. The minimum atomic E-state index is -0.427. The molecule has 1 amide bonds. The molecule has 6 nitrogen and oxygen atoms in total. The number of hydrazine groups is 1. The van der Waals surface area contributed by atoms with Gasteiger partial charge in [-0.3, -0.25) is 15.1 Å². The zero-order valence-electron chi connectivity index (χ0n) is 9.98. The summed E-state index contributed by atoms with van der Waals surface area (Å²) in [6.45, 7) is 0.676. The van der Waals surface area contributed by atoms with Gasteiger partial charge in [0.1, 0.15) is 0 Å². The third-order valence-corrected chi connectivity index (χ3v) is 3.28. The fourth-order valence-corrected chi connectivity index (χ4v) is 2.29. The molecule has 0 atom stereocenters. The Hall–Kier alpha value is -1.40. The van der Waals surface area contributed by atoms with Gasteiger partial charge in [0.15, 0.2) is 11.5 Å². The second-order valence-electron chi connectivity index (χ2n) is 4.51. The number of carbonyl (C=O) groups excluding carboxylic acids is 1. The molecule has 6 heteroatoms. The van der Waals surface area contributed by atoms with Crippen LogP contribution >= 0.6 is 0 Å². The van der Waals surface area contributed by atoms with Crippen molar-refractivity contribution >= 4 is 5.91 Å². The number of nitrogen functional groups attached to an aromatic ring is 1. The van der Waals surface area contributed by atoms with Crippen molar-refractivity contribution < 1.29 is 9.32 Å². The first-order chi connectivity index (χ1) is 8.20. The van der Waals surface area contributed by atoms with Gasteiger partial charge in [0, 0.05) is 12.1 Å². The van der Waals surface area contributed by atoms with E-state index in [2.05, 4.69) is 17.1 Å². The molecule has 1 aromatic rings. The molecule has 2 rings (SSSR count). The van der Waals surface area contributed by atoms with Crippen LogP contribution < -0.4 is 11.3 Å². The first-order valence-corrected chi connectivity index (χ1v) is 5.87. The number of aromatic nitrogens is 1. The minimum absolute atomic E-state index is 0.224. The average molecular weight is 238 g/mol. The molecule has 0 bridgehead atoms. The van der Waals surface area contributed by atoms with Crippen molar-refractivity contribution in [1.29, 1.82) is 0 Å². The topological polar surface area (TPSA) is 84.4 Å². The summed E-state index contributed by atoms with van der Waals surface area (Å²) in [6.07, 6.45) is 5.07. The zero-order chi connectivity index (χ0) is 12.3. The predicted octanol–water partition coefficient (Wildman–Crippen LogP) is 0.652. The van der Waals surface area contributed by atoms with Crippen LogP contribution in [0, 0.1) is 0 Å². The van der Waals surface area contributed by atoms with Gasteiger partial charge in [-0.1, -0.05) is 18.0 Å². The number of hydrogen-bond donors (Lipinski definition) is 2. The Morgan fingerprint density at radius 3 is 3.00 bits per heavy atom. The molecule has 0 aliphatic heterocycles. The lowest BCUT2D eigenvalue weighted by atomic mass is 10.2. The van der Waals surface area contributed by atoms with Gasteiger partial charge in [-0.15, -0.1) is 0 Å². The maximum absolute atomic E-state index is 11.2. The van der Waals surface area contributed by atoms with E-state index in [0.29, 0.717) is 18.3 Å². The standard InChI is InChI=1S/C11H18N4O2/c1-15(8-4-2-3-5-8)7-9-6-10(14-17-9)11(16)13-12/h6,8H,2-5,7,12H2,1H3,(H,13,16). The van der Waals surface area contributed by atoms with E-state index in [0.717, 1.165) is 0 Å². The molecule has 1 fully saturated rings. The molecule has 17 heavy (non-hydrogen) atoms. The monoisotopic (exact) mass is 238 g/mol. The van der Waals surface area contributed by atoms with Crippen molar-refractivity contribution in [2.45, 2.75) is 38.3 Å². The second-order valence-corrected chi connectivity index (χ2v) is 4.51. The predicted molar refractivity (Wildman–Crippen MR) is 61.9 cm³/mol. The summed E-state index contributed by atoms with van der Waals surface area (Å²) in [5.74, 6) is 5.29. The van der Waals surface area contributed by atoms with E-state index >= 15 is 0 Å².